The Bertz CT molecular complexity index is 1150. The fourth-order valence-corrected chi connectivity index (χ4v) is 3.76. The van der Waals surface area contributed by atoms with Crippen LogP contribution in [0.5, 0.6) is 5.75 Å². The summed E-state index contributed by atoms with van der Waals surface area (Å²) in [6.07, 6.45) is 0. The van der Waals surface area contributed by atoms with Crippen LogP contribution in [0.2, 0.25) is 5.02 Å². The van der Waals surface area contributed by atoms with Gasteiger partial charge in [-0.15, -0.1) is 0 Å². The molecule has 0 aliphatic heterocycles. The Kier molecular flexibility index (Phi) is 5.73. The van der Waals surface area contributed by atoms with Gasteiger partial charge in [0, 0.05) is 22.8 Å². The second kappa shape index (κ2) is 8.59. The van der Waals surface area contributed by atoms with E-state index in [1.807, 2.05) is 24.3 Å². The van der Waals surface area contributed by atoms with Gasteiger partial charge in [0.15, 0.2) is 0 Å². The normalized spacial score (nSPS) is 10.9. The first kappa shape index (κ1) is 19.4. The lowest BCUT2D eigenvalue weighted by atomic mass is 10.0. The Balaban J connectivity index is 1.64. The molecule has 0 saturated heterocycles. The van der Waals surface area contributed by atoms with E-state index < -0.39 is 0 Å². The van der Waals surface area contributed by atoms with E-state index in [-0.39, 0.29) is 0 Å². The summed E-state index contributed by atoms with van der Waals surface area (Å²) >= 11 is 6.12. The second-order valence-corrected chi connectivity index (χ2v) is 7.72. The van der Waals surface area contributed by atoms with Crippen LogP contribution in [0.1, 0.15) is 22.3 Å². The predicted octanol–water partition coefficient (Wildman–Crippen LogP) is 7.30. The molecule has 29 heavy (non-hydrogen) atoms. The monoisotopic (exact) mass is 401 g/mol. The van der Waals surface area contributed by atoms with Gasteiger partial charge >= 0.3 is 0 Å². The van der Waals surface area contributed by atoms with Crippen molar-refractivity contribution in [3.8, 4) is 5.75 Å². The van der Waals surface area contributed by atoms with Crippen molar-refractivity contribution in [2.45, 2.75) is 27.0 Å². The molecule has 4 rings (SSSR count). The quantitative estimate of drug-likeness (QED) is 0.366. The lowest BCUT2D eigenvalue weighted by Gasteiger charge is -2.17. The number of fused-ring (bicyclic) bond motifs is 1. The second-order valence-electron chi connectivity index (χ2n) is 7.28. The van der Waals surface area contributed by atoms with E-state index in [2.05, 4.69) is 73.8 Å². The molecular formula is C26H24ClNO. The Morgan fingerprint density at radius 3 is 2.55 bits per heavy atom. The molecule has 0 aliphatic rings. The number of anilines is 1. The summed E-state index contributed by atoms with van der Waals surface area (Å²) in [5.41, 5.74) is 5.92. The number of hydrogen-bond acceptors (Lipinski definition) is 2. The minimum atomic E-state index is 0.482. The largest absolute Gasteiger partial charge is 0.489 e. The minimum absolute atomic E-state index is 0.482. The van der Waals surface area contributed by atoms with Crippen molar-refractivity contribution in [1.82, 2.24) is 0 Å². The van der Waals surface area contributed by atoms with Crippen LogP contribution in [0.3, 0.4) is 0 Å². The summed E-state index contributed by atoms with van der Waals surface area (Å²) in [5, 5.41) is 6.74. The average Bonchev–Trinajstić information content (AvgIpc) is 2.73. The SMILES string of the molecule is Cc1cccc(NCc2c(OCc3cccc(Cl)c3)ccc3ccccc23)c1C. The summed E-state index contributed by atoms with van der Waals surface area (Å²) in [5.74, 6) is 0.890. The van der Waals surface area contributed by atoms with Crippen molar-refractivity contribution < 1.29 is 4.74 Å². The molecular weight excluding hydrogens is 378 g/mol. The third-order valence-electron chi connectivity index (χ3n) is 5.34. The average molecular weight is 402 g/mol. The maximum atomic E-state index is 6.23. The van der Waals surface area contributed by atoms with Crippen molar-refractivity contribution in [3.63, 3.8) is 0 Å². The van der Waals surface area contributed by atoms with Gasteiger partial charge in [-0.1, -0.05) is 66.2 Å². The molecule has 0 atom stereocenters. The zero-order valence-electron chi connectivity index (χ0n) is 16.7. The lowest BCUT2D eigenvalue weighted by molar-refractivity contribution is 0.304. The van der Waals surface area contributed by atoms with Gasteiger partial charge in [-0.05, 0) is 65.6 Å². The van der Waals surface area contributed by atoms with Crippen LogP contribution in [0.4, 0.5) is 5.69 Å². The molecule has 0 spiro atoms. The summed E-state index contributed by atoms with van der Waals surface area (Å²) in [7, 11) is 0. The van der Waals surface area contributed by atoms with E-state index in [1.165, 1.54) is 21.9 Å². The Labute approximate surface area is 177 Å². The number of hydrogen-bond donors (Lipinski definition) is 1. The predicted molar refractivity (Wildman–Crippen MR) is 123 cm³/mol. The van der Waals surface area contributed by atoms with Gasteiger partial charge in [-0.3, -0.25) is 0 Å². The molecule has 146 valence electrons. The van der Waals surface area contributed by atoms with E-state index in [0.29, 0.717) is 13.2 Å². The number of nitrogens with one attached hydrogen (secondary N) is 1. The third kappa shape index (κ3) is 4.38. The highest BCUT2D eigenvalue weighted by Crippen LogP contribution is 2.30. The van der Waals surface area contributed by atoms with Crippen LogP contribution in [0, 0.1) is 13.8 Å². The standard InChI is InChI=1S/C26H24ClNO/c1-18-7-5-12-25(19(18)2)28-16-24-23-11-4-3-9-21(23)13-14-26(24)29-17-20-8-6-10-22(27)15-20/h3-15,28H,16-17H2,1-2H3. The lowest BCUT2D eigenvalue weighted by Crippen LogP contribution is -2.06. The van der Waals surface area contributed by atoms with Crippen molar-refractivity contribution in [1.29, 1.82) is 0 Å². The summed E-state index contributed by atoms with van der Waals surface area (Å²) in [4.78, 5) is 0. The van der Waals surface area contributed by atoms with Gasteiger partial charge in [0.05, 0.1) is 0 Å². The molecule has 3 heteroatoms. The maximum absolute atomic E-state index is 6.23. The third-order valence-corrected chi connectivity index (χ3v) is 5.58. The van der Waals surface area contributed by atoms with E-state index >= 15 is 0 Å². The van der Waals surface area contributed by atoms with Gasteiger partial charge in [0.25, 0.3) is 0 Å². The molecule has 0 aliphatic carbocycles. The van der Waals surface area contributed by atoms with Gasteiger partial charge in [0.2, 0.25) is 0 Å². The summed E-state index contributed by atoms with van der Waals surface area (Å²) in [6, 6.07) is 26.8. The molecule has 0 radical (unpaired) electrons. The molecule has 0 fully saturated rings. The van der Waals surface area contributed by atoms with Crippen molar-refractivity contribution in [2.75, 3.05) is 5.32 Å². The minimum Gasteiger partial charge on any atom is -0.489 e. The van der Waals surface area contributed by atoms with Crippen LogP contribution in [0.25, 0.3) is 10.8 Å². The molecule has 2 nitrogen and oxygen atoms in total. The van der Waals surface area contributed by atoms with Crippen molar-refractivity contribution in [3.05, 3.63) is 106 Å². The number of ether oxygens (including phenoxy) is 1. The number of halogens is 1. The number of benzene rings is 4. The maximum Gasteiger partial charge on any atom is 0.125 e. The van der Waals surface area contributed by atoms with Gasteiger partial charge in [-0.25, -0.2) is 0 Å². The molecule has 0 amide bonds. The highest BCUT2D eigenvalue weighted by molar-refractivity contribution is 6.30. The van der Waals surface area contributed by atoms with Crippen LogP contribution >= 0.6 is 11.6 Å². The van der Waals surface area contributed by atoms with Gasteiger partial charge in [0.1, 0.15) is 12.4 Å². The van der Waals surface area contributed by atoms with E-state index in [1.54, 1.807) is 0 Å². The summed E-state index contributed by atoms with van der Waals surface area (Å²) < 4.78 is 6.23. The van der Waals surface area contributed by atoms with Crippen LogP contribution in [-0.2, 0) is 13.2 Å². The molecule has 0 heterocycles. The molecule has 4 aromatic rings. The first-order valence-corrected chi connectivity index (χ1v) is 10.2. The van der Waals surface area contributed by atoms with Crippen LogP contribution < -0.4 is 10.1 Å². The van der Waals surface area contributed by atoms with E-state index in [4.69, 9.17) is 16.3 Å². The smallest absolute Gasteiger partial charge is 0.125 e. The summed E-state index contributed by atoms with van der Waals surface area (Å²) in [6.45, 7) is 5.46. The van der Waals surface area contributed by atoms with Crippen molar-refractivity contribution in [2.24, 2.45) is 0 Å². The number of aryl methyl sites for hydroxylation is 1. The van der Waals surface area contributed by atoms with Crippen LogP contribution in [-0.4, -0.2) is 0 Å². The molecule has 0 aromatic heterocycles. The Hall–Kier alpha value is -2.97. The van der Waals surface area contributed by atoms with Gasteiger partial charge < -0.3 is 10.1 Å². The Morgan fingerprint density at radius 1 is 0.862 bits per heavy atom. The van der Waals surface area contributed by atoms with Crippen molar-refractivity contribution >= 4 is 28.1 Å². The molecule has 1 N–H and O–H groups in total. The highest BCUT2D eigenvalue weighted by atomic mass is 35.5. The fraction of sp³-hybridized carbons (Fsp3) is 0.154. The van der Waals surface area contributed by atoms with E-state index in [0.717, 1.165) is 27.6 Å². The highest BCUT2D eigenvalue weighted by Gasteiger charge is 2.10. The van der Waals surface area contributed by atoms with Gasteiger partial charge in [-0.2, -0.15) is 0 Å². The zero-order chi connectivity index (χ0) is 20.2. The first-order chi connectivity index (χ1) is 14.1. The fourth-order valence-electron chi connectivity index (χ4n) is 3.55. The molecule has 4 aromatic carbocycles. The topological polar surface area (TPSA) is 21.3 Å². The zero-order valence-corrected chi connectivity index (χ0v) is 17.5. The molecule has 0 saturated carbocycles. The van der Waals surface area contributed by atoms with E-state index in [9.17, 15) is 0 Å². The van der Waals surface area contributed by atoms with Crippen LogP contribution in [0.15, 0.2) is 78.9 Å². The first-order valence-electron chi connectivity index (χ1n) is 9.80. The number of rotatable bonds is 6. The molecule has 0 bridgehead atoms. The Morgan fingerprint density at radius 2 is 1.69 bits per heavy atom. The molecule has 0 unspecified atom stereocenters.